The van der Waals surface area contributed by atoms with Crippen molar-refractivity contribution in [3.8, 4) is 11.4 Å². The number of aromatic nitrogens is 3. The number of benzene rings is 2. The van der Waals surface area contributed by atoms with Gasteiger partial charge in [-0.25, -0.2) is 4.98 Å². The highest BCUT2D eigenvalue weighted by Crippen LogP contribution is 2.31. The molecule has 0 unspecified atom stereocenters. The van der Waals surface area contributed by atoms with Gasteiger partial charge in [0.15, 0.2) is 5.13 Å². The predicted molar refractivity (Wildman–Crippen MR) is 124 cm³/mol. The Morgan fingerprint density at radius 2 is 1.94 bits per heavy atom. The van der Waals surface area contributed by atoms with Gasteiger partial charge >= 0.3 is 0 Å². The molecule has 1 amide bonds. The second-order valence-corrected chi connectivity index (χ2v) is 8.71. The third-order valence-electron chi connectivity index (χ3n) is 5.29. The van der Waals surface area contributed by atoms with Crippen LogP contribution in [0.5, 0.6) is 0 Å². The molecule has 1 fully saturated rings. The van der Waals surface area contributed by atoms with Gasteiger partial charge in [-0.3, -0.25) is 4.79 Å². The van der Waals surface area contributed by atoms with Crippen LogP contribution in [0.2, 0.25) is 0 Å². The van der Waals surface area contributed by atoms with Gasteiger partial charge in [0.05, 0.1) is 23.4 Å². The predicted octanol–water partition coefficient (Wildman–Crippen LogP) is 4.06. The maximum atomic E-state index is 12.5. The third kappa shape index (κ3) is 4.63. The largest absolute Gasteiger partial charge is 0.378 e. The molecule has 0 bridgehead atoms. The zero-order valence-corrected chi connectivity index (χ0v) is 18.5. The summed E-state index contributed by atoms with van der Waals surface area (Å²) in [6.45, 7) is 5.18. The second kappa shape index (κ2) is 9.05. The summed E-state index contributed by atoms with van der Waals surface area (Å²) in [6, 6.07) is 13.7. The lowest BCUT2D eigenvalue weighted by Crippen LogP contribution is -2.36. The topological polar surface area (TPSA) is 93.4 Å². The maximum absolute atomic E-state index is 12.5. The molecular formula is C23H23N5O3S. The first-order valence-corrected chi connectivity index (χ1v) is 11.4. The number of nitrogens with zero attached hydrogens (tertiary/aromatic N) is 4. The fraction of sp³-hybridized carbons (Fsp3) is 0.304. The molecule has 32 heavy (non-hydrogen) atoms. The van der Waals surface area contributed by atoms with Crippen molar-refractivity contribution in [3.05, 3.63) is 53.9 Å². The Morgan fingerprint density at radius 3 is 2.75 bits per heavy atom. The van der Waals surface area contributed by atoms with Gasteiger partial charge in [-0.15, -0.1) is 0 Å². The lowest BCUT2D eigenvalue weighted by atomic mass is 10.1. The highest BCUT2D eigenvalue weighted by molar-refractivity contribution is 7.22. The summed E-state index contributed by atoms with van der Waals surface area (Å²) < 4.78 is 11.8. The number of carbonyl (C=O) groups excluding carboxylic acids is 1. The summed E-state index contributed by atoms with van der Waals surface area (Å²) in [5.74, 6) is 0.883. The van der Waals surface area contributed by atoms with E-state index in [1.165, 1.54) is 5.56 Å². The molecule has 2 aromatic heterocycles. The van der Waals surface area contributed by atoms with Gasteiger partial charge in [0.2, 0.25) is 17.6 Å². The van der Waals surface area contributed by atoms with Crippen molar-refractivity contribution in [2.24, 2.45) is 0 Å². The van der Waals surface area contributed by atoms with E-state index in [0.29, 0.717) is 18.1 Å². The van der Waals surface area contributed by atoms with Crippen molar-refractivity contribution in [1.29, 1.82) is 0 Å². The van der Waals surface area contributed by atoms with E-state index >= 15 is 0 Å². The number of thiazole rings is 1. The van der Waals surface area contributed by atoms with Gasteiger partial charge in [-0.2, -0.15) is 4.98 Å². The molecule has 9 heteroatoms. The number of carbonyl (C=O) groups is 1. The molecule has 0 spiro atoms. The number of aryl methyl sites for hydroxylation is 2. The molecule has 4 aromatic rings. The van der Waals surface area contributed by atoms with Crippen LogP contribution in [-0.4, -0.2) is 47.3 Å². The van der Waals surface area contributed by atoms with E-state index in [9.17, 15) is 4.79 Å². The fourth-order valence-corrected chi connectivity index (χ4v) is 4.56. The number of morpholine rings is 1. The average Bonchev–Trinajstić information content (AvgIpc) is 3.46. The van der Waals surface area contributed by atoms with Crippen LogP contribution >= 0.6 is 11.3 Å². The third-order valence-corrected chi connectivity index (χ3v) is 6.37. The summed E-state index contributed by atoms with van der Waals surface area (Å²) in [5, 5.41) is 7.97. The van der Waals surface area contributed by atoms with E-state index in [1.54, 1.807) is 11.3 Å². The van der Waals surface area contributed by atoms with Gasteiger partial charge < -0.3 is 19.5 Å². The van der Waals surface area contributed by atoms with Crippen LogP contribution in [0.3, 0.4) is 0 Å². The Hall–Kier alpha value is -3.30. The number of amides is 1. The lowest BCUT2D eigenvalue weighted by Gasteiger charge is -2.25. The molecule has 8 nitrogen and oxygen atoms in total. The van der Waals surface area contributed by atoms with E-state index < -0.39 is 0 Å². The standard InChI is InChI=1S/C23H23N5O3S/c1-15-2-4-16(5-3-15)22-26-21(31-27-22)9-8-20(29)24-17-6-7-18-19(14-17)32-23(25-18)28-10-12-30-13-11-28/h2-7,14H,8-13H2,1H3,(H,24,29). The van der Waals surface area contributed by atoms with Crippen LogP contribution < -0.4 is 10.2 Å². The minimum Gasteiger partial charge on any atom is -0.378 e. The minimum absolute atomic E-state index is 0.0997. The number of nitrogens with one attached hydrogen (secondary N) is 1. The molecule has 164 valence electrons. The van der Waals surface area contributed by atoms with Gasteiger partial charge in [0, 0.05) is 37.2 Å². The molecule has 0 atom stereocenters. The van der Waals surface area contributed by atoms with E-state index in [2.05, 4.69) is 20.4 Å². The lowest BCUT2D eigenvalue weighted by molar-refractivity contribution is -0.116. The van der Waals surface area contributed by atoms with Crippen molar-refractivity contribution in [3.63, 3.8) is 0 Å². The van der Waals surface area contributed by atoms with Crippen LogP contribution in [0.15, 0.2) is 47.0 Å². The SMILES string of the molecule is Cc1ccc(-c2noc(CCC(=O)Nc3ccc4nc(N5CCOCC5)sc4c3)n2)cc1. The normalized spacial score (nSPS) is 14.1. The van der Waals surface area contributed by atoms with Crippen molar-refractivity contribution < 1.29 is 14.1 Å². The minimum atomic E-state index is -0.0997. The van der Waals surface area contributed by atoms with Crippen LogP contribution in [0.25, 0.3) is 21.6 Å². The molecule has 2 aromatic carbocycles. The molecular weight excluding hydrogens is 426 g/mol. The van der Waals surface area contributed by atoms with E-state index in [4.69, 9.17) is 14.2 Å². The zero-order valence-electron chi connectivity index (χ0n) is 17.7. The molecule has 0 aliphatic carbocycles. The Labute approximate surface area is 189 Å². The molecule has 1 aliphatic heterocycles. The maximum Gasteiger partial charge on any atom is 0.227 e. The van der Waals surface area contributed by atoms with Gasteiger partial charge in [0.1, 0.15) is 0 Å². The highest BCUT2D eigenvalue weighted by Gasteiger charge is 2.16. The summed E-state index contributed by atoms with van der Waals surface area (Å²) in [4.78, 5) is 23.8. The Morgan fingerprint density at radius 1 is 1.12 bits per heavy atom. The van der Waals surface area contributed by atoms with E-state index in [1.807, 2.05) is 49.4 Å². The average molecular weight is 450 g/mol. The van der Waals surface area contributed by atoms with Crippen LogP contribution in [-0.2, 0) is 16.0 Å². The molecule has 0 saturated carbocycles. The summed E-state index contributed by atoms with van der Waals surface area (Å²) in [6.07, 6.45) is 0.643. The van der Waals surface area contributed by atoms with Crippen molar-refractivity contribution >= 4 is 38.3 Å². The molecule has 1 aliphatic rings. The van der Waals surface area contributed by atoms with Crippen molar-refractivity contribution in [2.45, 2.75) is 19.8 Å². The summed E-state index contributed by atoms with van der Waals surface area (Å²) in [5.41, 5.74) is 3.75. The summed E-state index contributed by atoms with van der Waals surface area (Å²) >= 11 is 1.63. The number of hydrogen-bond donors (Lipinski definition) is 1. The highest BCUT2D eigenvalue weighted by atomic mass is 32.1. The Bertz CT molecular complexity index is 1230. The molecule has 5 rings (SSSR count). The number of ether oxygens (including phenoxy) is 1. The van der Waals surface area contributed by atoms with Crippen LogP contribution in [0.4, 0.5) is 10.8 Å². The smallest absolute Gasteiger partial charge is 0.227 e. The number of rotatable bonds is 6. The van der Waals surface area contributed by atoms with Crippen molar-refractivity contribution in [1.82, 2.24) is 15.1 Å². The van der Waals surface area contributed by atoms with E-state index in [0.717, 1.165) is 52.9 Å². The van der Waals surface area contributed by atoms with E-state index in [-0.39, 0.29) is 12.3 Å². The summed E-state index contributed by atoms with van der Waals surface area (Å²) in [7, 11) is 0. The van der Waals surface area contributed by atoms with Crippen LogP contribution in [0, 0.1) is 6.92 Å². The molecule has 0 radical (unpaired) electrons. The first kappa shape index (κ1) is 20.6. The Balaban J connectivity index is 1.19. The fourth-order valence-electron chi connectivity index (χ4n) is 3.50. The first-order chi connectivity index (χ1) is 15.6. The van der Waals surface area contributed by atoms with Gasteiger partial charge in [-0.1, -0.05) is 46.3 Å². The Kier molecular flexibility index (Phi) is 5.83. The van der Waals surface area contributed by atoms with Gasteiger partial charge in [-0.05, 0) is 25.1 Å². The first-order valence-electron chi connectivity index (χ1n) is 10.6. The monoisotopic (exact) mass is 449 g/mol. The second-order valence-electron chi connectivity index (χ2n) is 7.70. The molecule has 3 heterocycles. The number of hydrogen-bond acceptors (Lipinski definition) is 8. The molecule has 1 N–H and O–H groups in total. The van der Waals surface area contributed by atoms with Crippen LogP contribution in [0.1, 0.15) is 17.9 Å². The number of fused-ring (bicyclic) bond motifs is 1. The zero-order chi connectivity index (χ0) is 21.9. The van der Waals surface area contributed by atoms with Gasteiger partial charge in [0.25, 0.3) is 0 Å². The number of anilines is 2. The quantitative estimate of drug-likeness (QED) is 0.474. The van der Waals surface area contributed by atoms with Crippen molar-refractivity contribution in [2.75, 3.05) is 36.5 Å². The molecule has 1 saturated heterocycles.